The number of aryl methyl sites for hydroxylation is 1. The van der Waals surface area contributed by atoms with Crippen molar-refractivity contribution in [3.63, 3.8) is 0 Å². The van der Waals surface area contributed by atoms with Gasteiger partial charge in [-0.25, -0.2) is 0 Å². The molecule has 0 unspecified atom stereocenters. The van der Waals surface area contributed by atoms with Crippen molar-refractivity contribution in [2.24, 2.45) is 5.73 Å². The van der Waals surface area contributed by atoms with Crippen molar-refractivity contribution in [1.29, 1.82) is 0 Å². The molecule has 0 aliphatic carbocycles. The molecule has 0 radical (unpaired) electrons. The van der Waals surface area contributed by atoms with E-state index in [4.69, 9.17) is 10.8 Å². The molecule has 0 saturated heterocycles. The van der Waals surface area contributed by atoms with E-state index >= 15 is 0 Å². The fourth-order valence-corrected chi connectivity index (χ4v) is 3.15. The van der Waals surface area contributed by atoms with Crippen molar-refractivity contribution in [3.8, 4) is 0 Å². The molecule has 3 aromatic rings. The standard InChI is InChI=1S/C20H26N4/c1-2-24-20-11-7-6-10-18(20)19(22-24)16-23(15-13-21)14-12-17-8-4-3-5-9-17/h3-11H,2,12-16,21H2,1H3. The van der Waals surface area contributed by atoms with Crippen LogP contribution in [-0.4, -0.2) is 34.3 Å². The van der Waals surface area contributed by atoms with Crippen molar-refractivity contribution >= 4 is 10.9 Å². The summed E-state index contributed by atoms with van der Waals surface area (Å²) < 4.78 is 2.09. The first-order chi connectivity index (χ1) is 11.8. The highest BCUT2D eigenvalue weighted by atomic mass is 15.3. The Morgan fingerprint density at radius 1 is 1.00 bits per heavy atom. The molecule has 0 spiro atoms. The summed E-state index contributed by atoms with van der Waals surface area (Å²) in [5, 5.41) is 6.07. The van der Waals surface area contributed by atoms with Crippen LogP contribution >= 0.6 is 0 Å². The molecule has 4 nitrogen and oxygen atoms in total. The fraction of sp³-hybridized carbons (Fsp3) is 0.350. The van der Waals surface area contributed by atoms with Crippen LogP contribution in [0.4, 0.5) is 0 Å². The van der Waals surface area contributed by atoms with Crippen LogP contribution in [0.3, 0.4) is 0 Å². The molecule has 1 heterocycles. The molecule has 0 aliphatic heterocycles. The molecule has 2 N–H and O–H groups in total. The lowest BCUT2D eigenvalue weighted by atomic mass is 10.1. The van der Waals surface area contributed by atoms with Crippen LogP contribution in [0.5, 0.6) is 0 Å². The van der Waals surface area contributed by atoms with Gasteiger partial charge < -0.3 is 5.73 Å². The highest BCUT2D eigenvalue weighted by molar-refractivity contribution is 5.81. The molecule has 4 heteroatoms. The van der Waals surface area contributed by atoms with Crippen LogP contribution in [0, 0.1) is 0 Å². The molecule has 0 fully saturated rings. The number of aromatic nitrogens is 2. The number of hydrogen-bond donors (Lipinski definition) is 1. The molecular weight excluding hydrogens is 296 g/mol. The quantitative estimate of drug-likeness (QED) is 0.693. The molecule has 0 bridgehead atoms. The monoisotopic (exact) mass is 322 g/mol. The smallest absolute Gasteiger partial charge is 0.0843 e. The maximum absolute atomic E-state index is 5.83. The van der Waals surface area contributed by atoms with Crippen molar-refractivity contribution in [1.82, 2.24) is 14.7 Å². The molecule has 0 aliphatic rings. The van der Waals surface area contributed by atoms with Gasteiger partial charge in [-0.3, -0.25) is 9.58 Å². The zero-order valence-corrected chi connectivity index (χ0v) is 14.4. The molecule has 24 heavy (non-hydrogen) atoms. The van der Waals surface area contributed by atoms with E-state index < -0.39 is 0 Å². The zero-order valence-electron chi connectivity index (χ0n) is 14.4. The summed E-state index contributed by atoms with van der Waals surface area (Å²) in [7, 11) is 0. The third kappa shape index (κ3) is 3.83. The van der Waals surface area contributed by atoms with E-state index in [9.17, 15) is 0 Å². The summed E-state index contributed by atoms with van der Waals surface area (Å²) in [6, 6.07) is 19.1. The summed E-state index contributed by atoms with van der Waals surface area (Å²) in [5.41, 5.74) is 9.55. The average Bonchev–Trinajstić information content (AvgIpc) is 2.99. The Kier molecular flexibility index (Phi) is 5.62. The fourth-order valence-electron chi connectivity index (χ4n) is 3.15. The molecule has 2 aromatic carbocycles. The first-order valence-corrected chi connectivity index (χ1v) is 8.72. The molecule has 0 atom stereocenters. The predicted octanol–water partition coefficient (Wildman–Crippen LogP) is 3.06. The summed E-state index contributed by atoms with van der Waals surface area (Å²) in [6.07, 6.45) is 1.03. The summed E-state index contributed by atoms with van der Waals surface area (Å²) >= 11 is 0. The Bertz CT molecular complexity index is 764. The maximum Gasteiger partial charge on any atom is 0.0843 e. The van der Waals surface area contributed by atoms with Crippen molar-refractivity contribution in [2.45, 2.75) is 26.4 Å². The zero-order chi connectivity index (χ0) is 16.8. The Balaban J connectivity index is 1.76. The van der Waals surface area contributed by atoms with Gasteiger partial charge in [-0.05, 0) is 25.0 Å². The Morgan fingerprint density at radius 3 is 2.50 bits per heavy atom. The first-order valence-electron chi connectivity index (χ1n) is 8.72. The van der Waals surface area contributed by atoms with Gasteiger partial charge in [0.25, 0.3) is 0 Å². The number of nitrogens with zero attached hydrogens (tertiary/aromatic N) is 3. The van der Waals surface area contributed by atoms with Gasteiger partial charge in [-0.1, -0.05) is 48.5 Å². The third-order valence-electron chi connectivity index (χ3n) is 4.41. The molecule has 1 aromatic heterocycles. The third-order valence-corrected chi connectivity index (χ3v) is 4.41. The van der Waals surface area contributed by atoms with E-state index in [-0.39, 0.29) is 0 Å². The van der Waals surface area contributed by atoms with E-state index in [1.54, 1.807) is 0 Å². The van der Waals surface area contributed by atoms with Crippen LogP contribution in [0.25, 0.3) is 10.9 Å². The van der Waals surface area contributed by atoms with Crippen LogP contribution < -0.4 is 5.73 Å². The van der Waals surface area contributed by atoms with Crippen molar-refractivity contribution < 1.29 is 0 Å². The van der Waals surface area contributed by atoms with Crippen LogP contribution in [0.1, 0.15) is 18.2 Å². The lowest BCUT2D eigenvalue weighted by Gasteiger charge is -2.20. The minimum Gasteiger partial charge on any atom is -0.329 e. The highest BCUT2D eigenvalue weighted by Gasteiger charge is 2.13. The lowest BCUT2D eigenvalue weighted by molar-refractivity contribution is 0.273. The number of nitrogens with two attached hydrogens (primary N) is 1. The van der Waals surface area contributed by atoms with Gasteiger partial charge in [-0.2, -0.15) is 5.10 Å². The predicted molar refractivity (Wildman–Crippen MR) is 99.9 cm³/mol. The minimum atomic E-state index is 0.668. The van der Waals surface area contributed by atoms with Gasteiger partial charge in [0.2, 0.25) is 0 Å². The molecule has 0 saturated carbocycles. The lowest BCUT2D eigenvalue weighted by Crippen LogP contribution is -2.31. The Hall–Kier alpha value is -2.17. The van der Waals surface area contributed by atoms with Crippen molar-refractivity contribution in [2.75, 3.05) is 19.6 Å². The van der Waals surface area contributed by atoms with E-state index in [0.717, 1.165) is 38.3 Å². The van der Waals surface area contributed by atoms with E-state index in [0.29, 0.717) is 6.54 Å². The molecule has 3 rings (SSSR count). The van der Waals surface area contributed by atoms with Gasteiger partial charge >= 0.3 is 0 Å². The molecule has 126 valence electrons. The van der Waals surface area contributed by atoms with Crippen LogP contribution in [0.15, 0.2) is 54.6 Å². The van der Waals surface area contributed by atoms with E-state index in [1.807, 2.05) is 0 Å². The Labute approximate surface area is 143 Å². The van der Waals surface area contributed by atoms with Gasteiger partial charge in [-0.15, -0.1) is 0 Å². The number of para-hydroxylation sites is 1. The largest absolute Gasteiger partial charge is 0.329 e. The summed E-state index contributed by atoms with van der Waals surface area (Å²) in [4.78, 5) is 2.40. The highest BCUT2D eigenvalue weighted by Crippen LogP contribution is 2.20. The number of hydrogen-bond acceptors (Lipinski definition) is 3. The molecular formula is C20H26N4. The number of rotatable bonds is 8. The number of fused-ring (bicyclic) bond motifs is 1. The second-order valence-electron chi connectivity index (χ2n) is 6.08. The first kappa shape index (κ1) is 16.7. The maximum atomic E-state index is 5.83. The van der Waals surface area contributed by atoms with Gasteiger partial charge in [0.05, 0.1) is 11.2 Å². The van der Waals surface area contributed by atoms with E-state index in [2.05, 4.69) is 71.1 Å². The topological polar surface area (TPSA) is 47.1 Å². The molecule has 0 amide bonds. The van der Waals surface area contributed by atoms with Crippen molar-refractivity contribution in [3.05, 3.63) is 65.9 Å². The second kappa shape index (κ2) is 8.08. The number of benzene rings is 2. The van der Waals surface area contributed by atoms with E-state index in [1.165, 1.54) is 16.5 Å². The van der Waals surface area contributed by atoms with Gasteiger partial charge in [0.15, 0.2) is 0 Å². The SMILES string of the molecule is CCn1nc(CN(CCN)CCc2ccccc2)c2ccccc21. The van der Waals surface area contributed by atoms with Gasteiger partial charge in [0, 0.05) is 38.1 Å². The van der Waals surface area contributed by atoms with Crippen LogP contribution in [-0.2, 0) is 19.5 Å². The Morgan fingerprint density at radius 2 is 1.75 bits per heavy atom. The van der Waals surface area contributed by atoms with Gasteiger partial charge in [0.1, 0.15) is 0 Å². The minimum absolute atomic E-state index is 0.668. The summed E-state index contributed by atoms with van der Waals surface area (Å²) in [6.45, 7) is 6.42. The summed E-state index contributed by atoms with van der Waals surface area (Å²) in [5.74, 6) is 0. The normalized spacial score (nSPS) is 11.5. The van der Waals surface area contributed by atoms with Crippen LogP contribution in [0.2, 0.25) is 0 Å². The average molecular weight is 322 g/mol. The second-order valence-corrected chi connectivity index (χ2v) is 6.08.